The number of amides is 5. The standard InChI is InChI=1S/C19H12Br2ClN3O5/c20-13-6-9(5-12-17(27)24-19(29)25-18(12)28)7-14(21)16(13)30-8-15(26)23-11-3-1-10(22)2-4-11/h1-7H,8H2,(H,23,26)(H2,24,25,27,28,29). The van der Waals surface area contributed by atoms with Gasteiger partial charge in [-0.25, -0.2) is 4.79 Å². The Hall–Kier alpha value is -2.69. The van der Waals surface area contributed by atoms with Crippen molar-refractivity contribution in [2.75, 3.05) is 11.9 Å². The lowest BCUT2D eigenvalue weighted by atomic mass is 10.1. The van der Waals surface area contributed by atoms with Gasteiger partial charge in [-0.15, -0.1) is 0 Å². The first-order chi connectivity index (χ1) is 14.2. The number of carbonyl (C=O) groups is 4. The van der Waals surface area contributed by atoms with Gasteiger partial charge in [0, 0.05) is 10.7 Å². The third kappa shape index (κ3) is 5.47. The molecule has 0 radical (unpaired) electrons. The average Bonchev–Trinajstić information content (AvgIpc) is 2.66. The van der Waals surface area contributed by atoms with Gasteiger partial charge in [0.05, 0.1) is 8.95 Å². The Kier molecular flexibility index (Phi) is 6.91. The molecule has 1 fully saturated rings. The molecule has 0 saturated carbocycles. The first kappa shape index (κ1) is 22.0. The maximum Gasteiger partial charge on any atom is 0.328 e. The van der Waals surface area contributed by atoms with Gasteiger partial charge >= 0.3 is 6.03 Å². The van der Waals surface area contributed by atoms with Gasteiger partial charge in [0.1, 0.15) is 11.3 Å². The van der Waals surface area contributed by atoms with Crippen molar-refractivity contribution in [3.63, 3.8) is 0 Å². The summed E-state index contributed by atoms with van der Waals surface area (Å²) in [5, 5.41) is 7.23. The zero-order valence-electron chi connectivity index (χ0n) is 14.9. The third-order valence-electron chi connectivity index (χ3n) is 3.75. The predicted octanol–water partition coefficient (Wildman–Crippen LogP) is 3.63. The average molecular weight is 558 g/mol. The van der Waals surface area contributed by atoms with Crippen molar-refractivity contribution in [3.05, 3.63) is 61.5 Å². The highest BCUT2D eigenvalue weighted by atomic mass is 79.9. The highest BCUT2D eigenvalue weighted by Gasteiger charge is 2.27. The van der Waals surface area contributed by atoms with Crippen LogP contribution in [0.25, 0.3) is 6.08 Å². The molecule has 8 nitrogen and oxygen atoms in total. The van der Waals surface area contributed by atoms with Crippen LogP contribution in [-0.2, 0) is 14.4 Å². The molecule has 0 bridgehead atoms. The normalized spacial score (nSPS) is 13.4. The van der Waals surface area contributed by atoms with E-state index in [0.717, 1.165) is 0 Å². The second-order valence-corrected chi connectivity index (χ2v) is 8.10. The van der Waals surface area contributed by atoms with Gasteiger partial charge in [-0.05, 0) is 79.9 Å². The topological polar surface area (TPSA) is 114 Å². The summed E-state index contributed by atoms with van der Waals surface area (Å²) in [6.45, 7) is -0.257. The summed E-state index contributed by atoms with van der Waals surface area (Å²) in [5.41, 5.74) is 0.849. The summed E-state index contributed by atoms with van der Waals surface area (Å²) in [7, 11) is 0. The molecule has 0 aliphatic carbocycles. The molecule has 2 aromatic carbocycles. The summed E-state index contributed by atoms with van der Waals surface area (Å²) in [6.07, 6.45) is 1.32. The number of halogens is 3. The van der Waals surface area contributed by atoms with E-state index in [-0.39, 0.29) is 18.1 Å². The molecule has 1 heterocycles. The monoisotopic (exact) mass is 555 g/mol. The molecular formula is C19H12Br2ClN3O5. The van der Waals surface area contributed by atoms with E-state index < -0.39 is 17.8 Å². The Morgan fingerprint density at radius 1 is 1.03 bits per heavy atom. The lowest BCUT2D eigenvalue weighted by molar-refractivity contribution is -0.124. The van der Waals surface area contributed by atoms with Crippen LogP contribution in [0.2, 0.25) is 5.02 Å². The van der Waals surface area contributed by atoms with Crippen molar-refractivity contribution in [2.45, 2.75) is 0 Å². The number of barbiturate groups is 1. The number of benzene rings is 2. The largest absolute Gasteiger partial charge is 0.481 e. The molecule has 0 spiro atoms. The fraction of sp³-hybridized carbons (Fsp3) is 0.0526. The number of carbonyl (C=O) groups excluding carboxylic acids is 4. The molecular weight excluding hydrogens is 545 g/mol. The van der Waals surface area contributed by atoms with Crippen LogP contribution in [0.1, 0.15) is 5.56 Å². The Morgan fingerprint density at radius 3 is 2.17 bits per heavy atom. The van der Waals surface area contributed by atoms with Crippen LogP contribution in [-0.4, -0.2) is 30.4 Å². The van der Waals surface area contributed by atoms with E-state index in [9.17, 15) is 19.2 Å². The maximum atomic E-state index is 12.1. The number of imide groups is 2. The summed E-state index contributed by atoms with van der Waals surface area (Å²) in [5.74, 6) is -1.61. The first-order valence-corrected chi connectivity index (χ1v) is 10.2. The molecule has 5 amide bonds. The van der Waals surface area contributed by atoms with Gasteiger partial charge < -0.3 is 10.1 Å². The Labute approximate surface area is 192 Å². The molecule has 0 unspecified atom stereocenters. The lowest BCUT2D eigenvalue weighted by Crippen LogP contribution is -2.51. The number of urea groups is 1. The molecule has 1 saturated heterocycles. The Bertz CT molecular complexity index is 1040. The minimum atomic E-state index is -0.870. The van der Waals surface area contributed by atoms with Gasteiger partial charge in [-0.1, -0.05) is 11.6 Å². The highest BCUT2D eigenvalue weighted by molar-refractivity contribution is 9.11. The highest BCUT2D eigenvalue weighted by Crippen LogP contribution is 2.35. The number of nitrogens with one attached hydrogen (secondary N) is 3. The van der Waals surface area contributed by atoms with Crippen LogP contribution in [0.4, 0.5) is 10.5 Å². The number of hydrogen-bond donors (Lipinski definition) is 3. The molecule has 1 aliphatic rings. The van der Waals surface area contributed by atoms with Crippen LogP contribution < -0.4 is 20.7 Å². The van der Waals surface area contributed by atoms with Gasteiger partial charge in [-0.3, -0.25) is 25.0 Å². The van der Waals surface area contributed by atoms with Crippen molar-refractivity contribution in [1.29, 1.82) is 0 Å². The fourth-order valence-corrected chi connectivity index (χ4v) is 4.02. The molecule has 1 aliphatic heterocycles. The van der Waals surface area contributed by atoms with Crippen molar-refractivity contribution >= 4 is 79.0 Å². The van der Waals surface area contributed by atoms with E-state index >= 15 is 0 Å². The number of hydrogen-bond acceptors (Lipinski definition) is 5. The summed E-state index contributed by atoms with van der Waals surface area (Å²) in [6, 6.07) is 8.97. The first-order valence-electron chi connectivity index (χ1n) is 8.28. The molecule has 0 atom stereocenters. The molecule has 2 aromatic rings. The minimum Gasteiger partial charge on any atom is -0.481 e. The van der Waals surface area contributed by atoms with Crippen molar-refractivity contribution in [1.82, 2.24) is 10.6 Å². The van der Waals surface area contributed by atoms with E-state index in [2.05, 4.69) is 37.2 Å². The zero-order valence-corrected chi connectivity index (χ0v) is 18.9. The van der Waals surface area contributed by atoms with Crippen LogP contribution in [0, 0.1) is 0 Å². The predicted molar refractivity (Wildman–Crippen MR) is 117 cm³/mol. The summed E-state index contributed by atoms with van der Waals surface area (Å²) < 4.78 is 6.54. The van der Waals surface area contributed by atoms with Gasteiger partial charge in [0.2, 0.25) is 0 Å². The SMILES string of the molecule is O=C(COc1c(Br)cc(C=C2C(=O)NC(=O)NC2=O)cc1Br)Nc1ccc(Cl)cc1. The number of rotatable bonds is 5. The summed E-state index contributed by atoms with van der Waals surface area (Å²) in [4.78, 5) is 46.9. The quantitative estimate of drug-likeness (QED) is 0.384. The minimum absolute atomic E-state index is 0.218. The van der Waals surface area contributed by atoms with Crippen molar-refractivity contribution in [3.8, 4) is 5.75 Å². The van der Waals surface area contributed by atoms with Crippen molar-refractivity contribution < 1.29 is 23.9 Å². The summed E-state index contributed by atoms with van der Waals surface area (Å²) >= 11 is 12.5. The Morgan fingerprint density at radius 2 is 1.60 bits per heavy atom. The second-order valence-electron chi connectivity index (χ2n) is 5.95. The molecule has 154 valence electrons. The van der Waals surface area contributed by atoms with E-state index in [1.54, 1.807) is 36.4 Å². The van der Waals surface area contributed by atoms with E-state index in [4.69, 9.17) is 16.3 Å². The Balaban J connectivity index is 1.70. The van der Waals surface area contributed by atoms with Crippen LogP contribution in [0.3, 0.4) is 0 Å². The smallest absolute Gasteiger partial charge is 0.328 e. The maximum absolute atomic E-state index is 12.1. The third-order valence-corrected chi connectivity index (χ3v) is 5.18. The molecule has 0 aromatic heterocycles. The van der Waals surface area contributed by atoms with Crippen LogP contribution in [0.15, 0.2) is 50.9 Å². The van der Waals surface area contributed by atoms with Gasteiger partial charge in [0.25, 0.3) is 17.7 Å². The fourth-order valence-electron chi connectivity index (χ4n) is 2.44. The van der Waals surface area contributed by atoms with Crippen LogP contribution in [0.5, 0.6) is 5.75 Å². The molecule has 3 rings (SSSR count). The van der Waals surface area contributed by atoms with Crippen molar-refractivity contribution in [2.24, 2.45) is 0 Å². The second kappa shape index (κ2) is 9.41. The number of ether oxygens (including phenoxy) is 1. The lowest BCUT2D eigenvalue weighted by Gasteiger charge is -2.15. The van der Waals surface area contributed by atoms with E-state index in [1.807, 2.05) is 10.6 Å². The molecule has 30 heavy (non-hydrogen) atoms. The van der Waals surface area contributed by atoms with E-state index in [1.165, 1.54) is 6.08 Å². The van der Waals surface area contributed by atoms with E-state index in [0.29, 0.717) is 31.0 Å². The molecule has 3 N–H and O–H groups in total. The van der Waals surface area contributed by atoms with Crippen LogP contribution >= 0.6 is 43.5 Å². The van der Waals surface area contributed by atoms with Gasteiger partial charge in [0.15, 0.2) is 6.61 Å². The number of anilines is 1. The van der Waals surface area contributed by atoms with Gasteiger partial charge in [-0.2, -0.15) is 0 Å². The zero-order chi connectivity index (χ0) is 21.8. The molecule has 11 heteroatoms.